The summed E-state index contributed by atoms with van der Waals surface area (Å²) in [7, 11) is 0. The molecule has 1 aromatic carbocycles. The van der Waals surface area contributed by atoms with Crippen molar-refractivity contribution in [3.63, 3.8) is 0 Å². The van der Waals surface area contributed by atoms with Crippen LogP contribution in [0, 0.1) is 11.8 Å². The first-order chi connectivity index (χ1) is 13.1. The molecule has 3 fully saturated rings. The highest BCUT2D eigenvalue weighted by molar-refractivity contribution is 9.10. The van der Waals surface area contributed by atoms with Crippen molar-refractivity contribution in [3.05, 3.63) is 33.3 Å². The SMILES string of the molecule is O=C1SC(CCN2CCC(Cc3cc(Cl)ccc3Br)CC2)CN1CC1CC1. The van der Waals surface area contributed by atoms with Crippen molar-refractivity contribution in [1.82, 2.24) is 9.80 Å². The molecule has 3 aliphatic rings. The molecule has 6 heteroatoms. The van der Waals surface area contributed by atoms with Crippen LogP contribution in [0.3, 0.4) is 0 Å². The smallest absolute Gasteiger partial charge is 0.282 e. The van der Waals surface area contributed by atoms with E-state index in [1.807, 2.05) is 6.07 Å². The molecular formula is C21H28BrClN2OS. The molecule has 1 aromatic rings. The second-order valence-electron chi connectivity index (χ2n) is 8.37. The Labute approximate surface area is 180 Å². The minimum Gasteiger partial charge on any atom is -0.332 e. The Bertz CT molecular complexity index is 676. The highest BCUT2D eigenvalue weighted by Gasteiger charge is 2.34. The van der Waals surface area contributed by atoms with Gasteiger partial charge in [-0.25, -0.2) is 0 Å². The number of nitrogens with zero attached hydrogens (tertiary/aromatic N) is 2. The van der Waals surface area contributed by atoms with Crippen LogP contribution in [0.15, 0.2) is 22.7 Å². The number of amides is 1. The van der Waals surface area contributed by atoms with Gasteiger partial charge in [0.05, 0.1) is 0 Å². The zero-order valence-electron chi connectivity index (χ0n) is 15.7. The normalized spacial score (nSPS) is 24.7. The Morgan fingerprint density at radius 1 is 1.15 bits per heavy atom. The van der Waals surface area contributed by atoms with Crippen LogP contribution in [0.2, 0.25) is 5.02 Å². The fraction of sp³-hybridized carbons (Fsp3) is 0.667. The Morgan fingerprint density at radius 2 is 1.93 bits per heavy atom. The molecule has 1 saturated carbocycles. The number of halogens is 2. The van der Waals surface area contributed by atoms with Gasteiger partial charge in [-0.2, -0.15) is 0 Å². The number of piperidine rings is 1. The lowest BCUT2D eigenvalue weighted by atomic mass is 9.90. The van der Waals surface area contributed by atoms with Crippen LogP contribution in [0.4, 0.5) is 4.79 Å². The molecule has 2 heterocycles. The summed E-state index contributed by atoms with van der Waals surface area (Å²) in [6.45, 7) is 5.47. The van der Waals surface area contributed by atoms with Gasteiger partial charge in [-0.15, -0.1) is 0 Å². The molecule has 2 aliphatic heterocycles. The number of likely N-dealkylation sites (tertiary alicyclic amines) is 1. The Morgan fingerprint density at radius 3 is 2.67 bits per heavy atom. The van der Waals surface area contributed by atoms with Crippen LogP contribution in [-0.2, 0) is 6.42 Å². The summed E-state index contributed by atoms with van der Waals surface area (Å²) in [5, 5.41) is 1.64. The summed E-state index contributed by atoms with van der Waals surface area (Å²) in [5.74, 6) is 1.54. The van der Waals surface area contributed by atoms with Crippen molar-refractivity contribution in [3.8, 4) is 0 Å². The lowest BCUT2D eigenvalue weighted by molar-refractivity contribution is 0.180. The fourth-order valence-electron chi connectivity index (χ4n) is 4.24. The van der Waals surface area contributed by atoms with Gasteiger partial charge in [0.25, 0.3) is 5.24 Å². The number of carbonyl (C=O) groups is 1. The van der Waals surface area contributed by atoms with Crippen molar-refractivity contribution in [2.75, 3.05) is 32.7 Å². The van der Waals surface area contributed by atoms with Gasteiger partial charge >= 0.3 is 0 Å². The maximum Gasteiger partial charge on any atom is 0.282 e. The van der Waals surface area contributed by atoms with Gasteiger partial charge in [0.2, 0.25) is 0 Å². The molecule has 148 valence electrons. The van der Waals surface area contributed by atoms with E-state index in [-0.39, 0.29) is 0 Å². The van der Waals surface area contributed by atoms with Gasteiger partial charge in [0.1, 0.15) is 0 Å². The van der Waals surface area contributed by atoms with Gasteiger partial charge in [-0.1, -0.05) is 39.3 Å². The van der Waals surface area contributed by atoms with Gasteiger partial charge in [0, 0.05) is 27.8 Å². The highest BCUT2D eigenvalue weighted by Crippen LogP contribution is 2.35. The standard InChI is InChI=1S/C21H28BrClN2OS/c22-20-4-3-18(23)12-17(20)11-15-5-8-24(9-6-15)10-7-19-14-25(21(26)27-19)13-16-1-2-16/h3-4,12,15-16,19H,1-2,5-11,13-14H2. The Kier molecular flexibility index (Phi) is 6.73. The number of hydrogen-bond donors (Lipinski definition) is 0. The monoisotopic (exact) mass is 470 g/mol. The molecule has 0 N–H and O–H groups in total. The molecule has 0 aromatic heterocycles. The summed E-state index contributed by atoms with van der Waals surface area (Å²) in [4.78, 5) is 16.8. The van der Waals surface area contributed by atoms with Crippen molar-refractivity contribution >= 4 is 44.5 Å². The van der Waals surface area contributed by atoms with E-state index in [0.29, 0.717) is 10.5 Å². The molecule has 0 bridgehead atoms. The van der Waals surface area contributed by atoms with Crippen LogP contribution < -0.4 is 0 Å². The molecule has 1 amide bonds. The average molecular weight is 472 g/mol. The van der Waals surface area contributed by atoms with Crippen LogP contribution in [0.25, 0.3) is 0 Å². The Balaban J connectivity index is 1.17. The van der Waals surface area contributed by atoms with Gasteiger partial charge in [-0.05, 0) is 93.8 Å². The summed E-state index contributed by atoms with van der Waals surface area (Å²) >= 11 is 11.4. The van der Waals surface area contributed by atoms with Crippen molar-refractivity contribution < 1.29 is 4.79 Å². The predicted molar refractivity (Wildman–Crippen MR) is 118 cm³/mol. The molecule has 1 aliphatic carbocycles. The van der Waals surface area contributed by atoms with Crippen molar-refractivity contribution in [1.29, 1.82) is 0 Å². The number of thioether (sulfide) groups is 1. The quantitative estimate of drug-likeness (QED) is 0.510. The molecule has 1 unspecified atom stereocenters. The predicted octanol–water partition coefficient (Wildman–Crippen LogP) is 5.69. The Hall–Kier alpha value is -0.230. The van der Waals surface area contributed by atoms with E-state index in [1.165, 1.54) is 48.8 Å². The number of benzene rings is 1. The first-order valence-corrected chi connectivity index (χ1v) is 12.2. The van der Waals surface area contributed by atoms with E-state index in [0.717, 1.165) is 49.3 Å². The number of rotatable bonds is 7. The maximum atomic E-state index is 12.1. The molecule has 0 radical (unpaired) electrons. The summed E-state index contributed by atoms with van der Waals surface area (Å²) in [6.07, 6.45) is 7.40. The third kappa shape index (κ3) is 5.65. The minimum absolute atomic E-state index is 0.317. The first-order valence-electron chi connectivity index (χ1n) is 10.2. The number of carbonyl (C=O) groups excluding carboxylic acids is 1. The van der Waals surface area contributed by atoms with Gasteiger partial charge in [0.15, 0.2) is 0 Å². The number of hydrogen-bond acceptors (Lipinski definition) is 3. The molecule has 27 heavy (non-hydrogen) atoms. The molecular weight excluding hydrogens is 444 g/mol. The van der Waals surface area contributed by atoms with Crippen LogP contribution >= 0.6 is 39.3 Å². The van der Waals surface area contributed by atoms with Crippen LogP contribution in [0.5, 0.6) is 0 Å². The topological polar surface area (TPSA) is 23.6 Å². The fourth-order valence-corrected chi connectivity index (χ4v) is 5.90. The van der Waals surface area contributed by atoms with E-state index in [4.69, 9.17) is 11.6 Å². The van der Waals surface area contributed by atoms with Crippen LogP contribution in [-0.4, -0.2) is 53.0 Å². The van der Waals surface area contributed by atoms with Crippen molar-refractivity contribution in [2.24, 2.45) is 11.8 Å². The minimum atomic E-state index is 0.317. The molecule has 2 saturated heterocycles. The molecule has 4 rings (SSSR count). The van der Waals surface area contributed by atoms with Gasteiger partial charge < -0.3 is 9.80 Å². The maximum absolute atomic E-state index is 12.1. The van der Waals surface area contributed by atoms with Gasteiger partial charge in [-0.3, -0.25) is 4.79 Å². The summed E-state index contributed by atoms with van der Waals surface area (Å²) in [6, 6.07) is 6.09. The van der Waals surface area contributed by atoms with E-state index in [2.05, 4.69) is 37.9 Å². The summed E-state index contributed by atoms with van der Waals surface area (Å²) in [5.41, 5.74) is 1.33. The third-order valence-corrected chi connectivity index (χ3v) is 8.30. The van der Waals surface area contributed by atoms with E-state index >= 15 is 0 Å². The first kappa shape index (κ1) is 20.1. The highest BCUT2D eigenvalue weighted by atomic mass is 79.9. The lowest BCUT2D eigenvalue weighted by Crippen LogP contribution is -2.36. The third-order valence-electron chi connectivity index (χ3n) is 6.12. The van der Waals surface area contributed by atoms with E-state index in [9.17, 15) is 4.79 Å². The largest absolute Gasteiger partial charge is 0.332 e. The zero-order chi connectivity index (χ0) is 18.8. The molecule has 3 nitrogen and oxygen atoms in total. The van der Waals surface area contributed by atoms with Crippen molar-refractivity contribution in [2.45, 2.75) is 43.8 Å². The zero-order valence-corrected chi connectivity index (χ0v) is 18.9. The lowest BCUT2D eigenvalue weighted by Gasteiger charge is -2.32. The summed E-state index contributed by atoms with van der Waals surface area (Å²) < 4.78 is 1.17. The average Bonchev–Trinajstić information content (AvgIpc) is 3.40. The van der Waals surface area contributed by atoms with E-state index < -0.39 is 0 Å². The molecule has 1 atom stereocenters. The second-order valence-corrected chi connectivity index (χ2v) is 10.9. The van der Waals surface area contributed by atoms with E-state index in [1.54, 1.807) is 11.8 Å². The second kappa shape index (κ2) is 9.06. The van der Waals surface area contributed by atoms with Crippen LogP contribution in [0.1, 0.15) is 37.7 Å². The molecule has 0 spiro atoms.